The van der Waals surface area contributed by atoms with Gasteiger partial charge in [0.15, 0.2) is 0 Å². The summed E-state index contributed by atoms with van der Waals surface area (Å²) in [7, 11) is 6.56. The number of nitrogens with one attached hydrogen (secondary N) is 6. The van der Waals surface area contributed by atoms with Crippen molar-refractivity contribution in [2.24, 2.45) is 28.2 Å². The van der Waals surface area contributed by atoms with Crippen LogP contribution in [-0.2, 0) is 37.8 Å². The van der Waals surface area contributed by atoms with Crippen LogP contribution in [0.1, 0.15) is 67.6 Å². The van der Waals surface area contributed by atoms with Crippen molar-refractivity contribution in [1.82, 2.24) is 28.9 Å². The summed E-state index contributed by atoms with van der Waals surface area (Å²) in [6.45, 7) is 0.695. The van der Waals surface area contributed by atoms with Crippen LogP contribution in [0.5, 0.6) is 0 Å². The van der Waals surface area contributed by atoms with Gasteiger partial charge in [-0.3, -0.25) is 28.8 Å². The zero-order chi connectivity index (χ0) is 39.4. The molecule has 4 rings (SSSR count). The Bertz CT molecular complexity index is 2030. The molecular weight excluding hydrogens is 696 g/mol. The molecule has 0 atom stereocenters. The number of unbranched alkanes of at least 4 members (excludes halogenated alkanes) is 2. The Balaban J connectivity index is 1.28. The number of amides is 6. The second kappa shape index (κ2) is 18.2. The highest BCUT2D eigenvalue weighted by atomic mass is 16.2. The standard InChI is InChI=1S/C36H40N12O6/c1-45-21-25(17-27(45)33(51)39-13-7-5-11-37)43-35(53)29-15-23(19-47(29)3)41-31(49)9-10-32(50)42-24-16-30(48(4)20-24)36(54)44-26-18-28(46(2)22-26)34(52)40-14-8-6-12-38/h9-10,15-22H,5-8,13-14H2,1-4H3,(H,39,51)(H,40,52)(H,41,49)(H,42,50)(H,43,53)(H,44,54)/b10-9+. The summed E-state index contributed by atoms with van der Waals surface area (Å²) in [5, 5.41) is 33.4. The molecule has 4 heterocycles. The van der Waals surface area contributed by atoms with Crippen molar-refractivity contribution in [3.63, 3.8) is 0 Å². The normalized spacial score (nSPS) is 10.6. The largest absolute Gasteiger partial charge is 0.351 e. The molecule has 4 aromatic rings. The summed E-state index contributed by atoms with van der Waals surface area (Å²) in [6.07, 6.45) is 9.95. The second-order valence-corrected chi connectivity index (χ2v) is 12.2. The van der Waals surface area contributed by atoms with Gasteiger partial charge in [0.05, 0.1) is 34.9 Å². The molecule has 6 N–H and O–H groups in total. The lowest BCUT2D eigenvalue weighted by Crippen LogP contribution is -2.26. The van der Waals surface area contributed by atoms with Crippen molar-refractivity contribution in [3.05, 3.63) is 84.0 Å². The summed E-state index contributed by atoms with van der Waals surface area (Å²) >= 11 is 0. The van der Waals surface area contributed by atoms with Crippen LogP contribution in [0.25, 0.3) is 0 Å². The highest BCUT2D eigenvalue weighted by molar-refractivity contribution is 6.09. The fraction of sp³-hybridized carbons (Fsp3) is 0.278. The van der Waals surface area contributed by atoms with Crippen LogP contribution in [0.4, 0.5) is 22.7 Å². The van der Waals surface area contributed by atoms with Crippen molar-refractivity contribution >= 4 is 58.2 Å². The van der Waals surface area contributed by atoms with E-state index in [1.165, 1.54) is 45.8 Å². The smallest absolute Gasteiger partial charge is 0.272 e. The highest BCUT2D eigenvalue weighted by Gasteiger charge is 2.19. The average Bonchev–Trinajstić information content (AvgIpc) is 3.88. The number of nitriles is 2. The molecule has 0 bridgehead atoms. The number of anilines is 4. The molecule has 0 aliphatic carbocycles. The topological polar surface area (TPSA) is 242 Å². The molecular formula is C36H40N12O6. The van der Waals surface area contributed by atoms with Gasteiger partial charge in [-0.15, -0.1) is 0 Å². The van der Waals surface area contributed by atoms with Crippen molar-refractivity contribution in [2.45, 2.75) is 25.7 Å². The summed E-state index contributed by atoms with van der Waals surface area (Å²) in [5.41, 5.74) is 2.42. The van der Waals surface area contributed by atoms with Crippen LogP contribution in [0.3, 0.4) is 0 Å². The first-order chi connectivity index (χ1) is 25.8. The molecule has 0 unspecified atom stereocenters. The molecule has 4 aromatic heterocycles. The molecule has 0 fully saturated rings. The first-order valence-corrected chi connectivity index (χ1v) is 16.7. The monoisotopic (exact) mass is 736 g/mol. The van der Waals surface area contributed by atoms with E-state index in [9.17, 15) is 28.8 Å². The molecule has 0 saturated heterocycles. The lowest BCUT2D eigenvalue weighted by Gasteiger charge is -2.04. The van der Waals surface area contributed by atoms with Crippen molar-refractivity contribution in [2.75, 3.05) is 34.4 Å². The van der Waals surface area contributed by atoms with E-state index in [0.29, 0.717) is 72.9 Å². The van der Waals surface area contributed by atoms with Gasteiger partial charge in [-0.05, 0) is 37.1 Å². The van der Waals surface area contributed by atoms with Gasteiger partial charge in [-0.2, -0.15) is 10.5 Å². The first kappa shape index (κ1) is 39.4. The molecule has 0 spiro atoms. The molecule has 0 aliphatic heterocycles. The fourth-order valence-corrected chi connectivity index (χ4v) is 5.26. The molecule has 18 heteroatoms. The van der Waals surface area contributed by atoms with Gasteiger partial charge in [0.1, 0.15) is 22.8 Å². The fourth-order valence-electron chi connectivity index (χ4n) is 5.26. The van der Waals surface area contributed by atoms with E-state index in [1.807, 2.05) is 12.1 Å². The number of hydrogen-bond acceptors (Lipinski definition) is 8. The van der Waals surface area contributed by atoms with Crippen molar-refractivity contribution < 1.29 is 28.8 Å². The molecule has 0 saturated carbocycles. The van der Waals surface area contributed by atoms with Crippen molar-refractivity contribution in [3.8, 4) is 12.1 Å². The lowest BCUT2D eigenvalue weighted by molar-refractivity contribution is -0.114. The van der Waals surface area contributed by atoms with Crippen LogP contribution in [0.2, 0.25) is 0 Å². The van der Waals surface area contributed by atoms with Gasteiger partial charge >= 0.3 is 0 Å². The maximum absolute atomic E-state index is 13.0. The van der Waals surface area contributed by atoms with Gasteiger partial charge in [0.25, 0.3) is 23.6 Å². The molecule has 6 amide bonds. The summed E-state index contributed by atoms with van der Waals surface area (Å²) in [5.74, 6) is -2.94. The van der Waals surface area contributed by atoms with E-state index in [2.05, 4.69) is 31.9 Å². The predicted octanol–water partition coefficient (Wildman–Crippen LogP) is 2.75. The minimum Gasteiger partial charge on any atom is -0.351 e. The summed E-state index contributed by atoms with van der Waals surface area (Å²) in [4.78, 5) is 76.1. The van der Waals surface area contributed by atoms with Gasteiger partial charge in [-0.1, -0.05) is 0 Å². The molecule has 54 heavy (non-hydrogen) atoms. The van der Waals surface area contributed by atoms with Crippen LogP contribution in [0.15, 0.2) is 61.2 Å². The van der Waals surface area contributed by atoms with Gasteiger partial charge in [-0.25, -0.2) is 0 Å². The Morgan fingerprint density at radius 2 is 0.815 bits per heavy atom. The minimum atomic E-state index is -0.637. The minimum absolute atomic E-state index is 0.212. The zero-order valence-corrected chi connectivity index (χ0v) is 30.1. The lowest BCUT2D eigenvalue weighted by atomic mass is 10.3. The third-order valence-corrected chi connectivity index (χ3v) is 7.89. The quantitative estimate of drug-likeness (QED) is 0.0736. The predicted molar refractivity (Wildman–Crippen MR) is 198 cm³/mol. The first-order valence-electron chi connectivity index (χ1n) is 16.7. The van der Waals surface area contributed by atoms with E-state index in [0.717, 1.165) is 12.2 Å². The number of rotatable bonds is 16. The Morgan fingerprint density at radius 1 is 0.519 bits per heavy atom. The van der Waals surface area contributed by atoms with E-state index in [4.69, 9.17) is 10.5 Å². The molecule has 0 aromatic carbocycles. The number of nitrogens with zero attached hydrogens (tertiary/aromatic N) is 6. The Kier molecular flexibility index (Phi) is 13.3. The van der Waals surface area contributed by atoms with Crippen LogP contribution < -0.4 is 31.9 Å². The summed E-state index contributed by atoms with van der Waals surface area (Å²) < 4.78 is 6.14. The molecule has 0 aliphatic rings. The Morgan fingerprint density at radius 3 is 1.13 bits per heavy atom. The van der Waals surface area contributed by atoms with E-state index in [1.54, 1.807) is 49.7 Å². The summed E-state index contributed by atoms with van der Waals surface area (Å²) in [6, 6.07) is 9.98. The SMILES string of the molecule is Cn1cc(NC(=O)c2cc(NC(=O)/C=C/C(=O)Nc3cc(C(=O)Nc4cc(C(=O)NCCCC#N)n(C)c4)n(C)c3)cn2C)cc1C(=O)NCCCC#N. The second-order valence-electron chi connectivity index (χ2n) is 12.2. The van der Waals surface area contributed by atoms with Crippen LogP contribution in [0, 0.1) is 22.7 Å². The van der Waals surface area contributed by atoms with E-state index < -0.39 is 23.6 Å². The van der Waals surface area contributed by atoms with Crippen LogP contribution in [-0.4, -0.2) is 66.8 Å². The molecule has 0 radical (unpaired) electrons. The van der Waals surface area contributed by atoms with Gasteiger partial charge < -0.3 is 50.2 Å². The number of carbonyl (C=O) groups excluding carboxylic acids is 6. The third kappa shape index (κ3) is 10.6. The molecule has 280 valence electrons. The maximum Gasteiger partial charge on any atom is 0.272 e. The average molecular weight is 737 g/mol. The van der Waals surface area contributed by atoms with Crippen LogP contribution >= 0.6 is 0 Å². The van der Waals surface area contributed by atoms with E-state index >= 15 is 0 Å². The Labute approximate surface area is 310 Å². The van der Waals surface area contributed by atoms with Gasteiger partial charge in [0, 0.05) is 91.1 Å². The number of aromatic nitrogens is 4. The Hall–Kier alpha value is -7.34. The third-order valence-electron chi connectivity index (χ3n) is 7.89. The number of hydrogen-bond donors (Lipinski definition) is 6. The highest BCUT2D eigenvalue weighted by Crippen LogP contribution is 2.19. The molecule has 18 nitrogen and oxygen atoms in total. The number of aryl methyl sites for hydroxylation is 4. The van der Waals surface area contributed by atoms with Gasteiger partial charge in [0.2, 0.25) is 11.8 Å². The van der Waals surface area contributed by atoms with E-state index in [-0.39, 0.29) is 23.2 Å². The zero-order valence-electron chi connectivity index (χ0n) is 30.1. The van der Waals surface area contributed by atoms with Crippen molar-refractivity contribution in [1.29, 1.82) is 10.5 Å². The maximum atomic E-state index is 13.0. The number of carbonyl (C=O) groups is 6.